The molecule has 0 radical (unpaired) electrons. The van der Waals surface area contributed by atoms with Gasteiger partial charge >= 0.3 is 0 Å². The molecule has 0 N–H and O–H groups in total. The number of fused-ring (bicyclic) bond motifs is 1. The van der Waals surface area contributed by atoms with Crippen LogP contribution in [-0.4, -0.2) is 68.7 Å². The zero-order chi connectivity index (χ0) is 27.1. The van der Waals surface area contributed by atoms with E-state index in [-0.39, 0.29) is 24.4 Å². The normalized spacial score (nSPS) is 14.8. The van der Waals surface area contributed by atoms with Gasteiger partial charge in [-0.1, -0.05) is 32.0 Å². The van der Waals surface area contributed by atoms with Crippen molar-refractivity contribution in [2.24, 2.45) is 0 Å². The first kappa shape index (κ1) is 27.7. The highest BCUT2D eigenvalue weighted by molar-refractivity contribution is 7.10. The smallest absolute Gasteiger partial charge is 0.254 e. The van der Waals surface area contributed by atoms with Crippen molar-refractivity contribution < 1.29 is 23.8 Å². The van der Waals surface area contributed by atoms with Crippen LogP contribution in [0.5, 0.6) is 11.5 Å². The van der Waals surface area contributed by atoms with Crippen molar-refractivity contribution in [2.45, 2.75) is 32.2 Å². The number of amides is 2. The molecule has 3 aromatic rings. The van der Waals surface area contributed by atoms with Gasteiger partial charge in [-0.25, -0.2) is 0 Å². The highest BCUT2D eigenvalue weighted by Gasteiger charge is 2.33. The minimum absolute atomic E-state index is 0.0432. The van der Waals surface area contributed by atoms with Crippen LogP contribution in [0.15, 0.2) is 60.0 Å². The maximum atomic E-state index is 13.7. The van der Waals surface area contributed by atoms with Crippen molar-refractivity contribution in [3.63, 3.8) is 0 Å². The van der Waals surface area contributed by atoms with Gasteiger partial charge in [0.25, 0.3) is 5.91 Å². The maximum Gasteiger partial charge on any atom is 0.254 e. The quantitative estimate of drug-likeness (QED) is 0.338. The number of hydrogen-bond acceptors (Lipinski definition) is 6. The van der Waals surface area contributed by atoms with Gasteiger partial charge in [-0.2, -0.15) is 0 Å². The molecule has 0 bridgehead atoms. The van der Waals surface area contributed by atoms with E-state index in [4.69, 9.17) is 14.2 Å². The van der Waals surface area contributed by atoms with Crippen molar-refractivity contribution in [1.82, 2.24) is 9.80 Å². The average Bonchev–Trinajstić information content (AvgIpc) is 3.43. The molecule has 0 aliphatic carbocycles. The molecular weight excluding hydrogens is 500 g/mol. The zero-order valence-electron chi connectivity index (χ0n) is 22.5. The van der Waals surface area contributed by atoms with E-state index >= 15 is 0 Å². The van der Waals surface area contributed by atoms with Crippen LogP contribution in [0.1, 0.15) is 52.2 Å². The number of carbonyl (C=O) groups excluding carboxylic acids is 2. The van der Waals surface area contributed by atoms with Crippen molar-refractivity contribution in [3.8, 4) is 11.5 Å². The van der Waals surface area contributed by atoms with Crippen LogP contribution < -0.4 is 9.47 Å². The van der Waals surface area contributed by atoms with Gasteiger partial charge in [-0.3, -0.25) is 9.59 Å². The number of rotatable bonds is 11. The highest BCUT2D eigenvalue weighted by Crippen LogP contribution is 2.34. The second kappa shape index (κ2) is 12.9. The lowest BCUT2D eigenvalue weighted by Gasteiger charge is -2.37. The SMILES string of the molecule is COCCN(CC(=O)N1CCc2sccc2[C@H]1COc1ccc(C(C)C)cc1)C(=O)c1cccc(OC)c1. The third-order valence-electron chi connectivity index (χ3n) is 6.87. The topological polar surface area (TPSA) is 68.3 Å². The van der Waals surface area contributed by atoms with Crippen LogP contribution in [0.3, 0.4) is 0 Å². The van der Waals surface area contributed by atoms with Gasteiger partial charge in [0, 0.05) is 30.6 Å². The predicted octanol–water partition coefficient (Wildman–Crippen LogP) is 5.17. The zero-order valence-corrected chi connectivity index (χ0v) is 23.3. The van der Waals surface area contributed by atoms with Gasteiger partial charge < -0.3 is 24.0 Å². The Kier molecular flexibility index (Phi) is 9.42. The Morgan fingerprint density at radius 3 is 2.58 bits per heavy atom. The van der Waals surface area contributed by atoms with E-state index in [2.05, 4.69) is 37.4 Å². The van der Waals surface area contributed by atoms with E-state index in [9.17, 15) is 9.59 Å². The molecule has 2 heterocycles. The summed E-state index contributed by atoms with van der Waals surface area (Å²) in [5.74, 6) is 1.47. The lowest BCUT2D eigenvalue weighted by Crippen LogP contribution is -2.48. The molecule has 0 unspecified atom stereocenters. The maximum absolute atomic E-state index is 13.7. The molecule has 2 aromatic carbocycles. The Hall–Kier alpha value is -3.36. The molecule has 1 aliphatic heterocycles. The van der Waals surface area contributed by atoms with Gasteiger partial charge in [-0.15, -0.1) is 11.3 Å². The Labute approximate surface area is 228 Å². The third-order valence-corrected chi connectivity index (χ3v) is 7.86. The van der Waals surface area contributed by atoms with E-state index in [1.165, 1.54) is 10.4 Å². The fourth-order valence-electron chi connectivity index (χ4n) is 4.65. The third kappa shape index (κ3) is 6.55. The van der Waals surface area contributed by atoms with Crippen molar-refractivity contribution in [1.29, 1.82) is 0 Å². The molecule has 0 fully saturated rings. The van der Waals surface area contributed by atoms with Crippen LogP contribution in [0.25, 0.3) is 0 Å². The summed E-state index contributed by atoms with van der Waals surface area (Å²) in [7, 11) is 3.14. The molecule has 7 nitrogen and oxygen atoms in total. The number of hydrogen-bond donors (Lipinski definition) is 0. The lowest BCUT2D eigenvalue weighted by atomic mass is 10.00. The number of ether oxygens (including phenoxy) is 3. The molecule has 2 amide bonds. The number of nitrogens with zero attached hydrogens (tertiary/aromatic N) is 2. The molecule has 4 rings (SSSR count). The Morgan fingerprint density at radius 2 is 1.87 bits per heavy atom. The van der Waals surface area contributed by atoms with Crippen LogP contribution in [-0.2, 0) is 16.0 Å². The number of methoxy groups -OCH3 is 2. The van der Waals surface area contributed by atoms with Crippen molar-refractivity contribution >= 4 is 23.2 Å². The second-order valence-electron chi connectivity index (χ2n) is 9.64. The standard InChI is InChI=1S/C30H36N2O5S/c1-21(2)22-8-10-24(11-9-22)37-20-27-26-13-17-38-28(26)12-14-32(27)29(33)19-31(15-16-35-3)30(34)23-6-5-7-25(18-23)36-4/h5-11,13,17-18,21,27H,12,14-16,19-20H2,1-4H3/t27-/m1/s1. The number of carbonyl (C=O) groups is 2. The predicted molar refractivity (Wildman–Crippen MR) is 149 cm³/mol. The Balaban J connectivity index is 1.51. The van der Waals surface area contributed by atoms with E-state index in [0.717, 1.165) is 17.7 Å². The molecule has 1 aromatic heterocycles. The molecule has 8 heteroatoms. The highest BCUT2D eigenvalue weighted by atomic mass is 32.1. The first-order chi connectivity index (χ1) is 18.4. The second-order valence-corrected chi connectivity index (χ2v) is 10.6. The van der Waals surface area contributed by atoms with Gasteiger partial charge in [-0.05, 0) is 65.2 Å². The van der Waals surface area contributed by atoms with Gasteiger partial charge in [0.15, 0.2) is 0 Å². The van der Waals surface area contributed by atoms with Crippen LogP contribution in [0, 0.1) is 0 Å². The van der Waals surface area contributed by atoms with Gasteiger partial charge in [0.05, 0.1) is 19.8 Å². The lowest BCUT2D eigenvalue weighted by molar-refractivity contribution is -0.135. The average molecular weight is 537 g/mol. The van der Waals surface area contributed by atoms with Crippen LogP contribution in [0.4, 0.5) is 0 Å². The number of benzene rings is 2. The summed E-state index contributed by atoms with van der Waals surface area (Å²) in [6.45, 7) is 5.84. The first-order valence-corrected chi connectivity index (χ1v) is 13.8. The van der Waals surface area contributed by atoms with E-state index in [1.54, 1.807) is 54.7 Å². The fourth-order valence-corrected chi connectivity index (χ4v) is 5.57. The molecule has 202 valence electrons. The van der Waals surface area contributed by atoms with Crippen molar-refractivity contribution in [2.75, 3.05) is 47.1 Å². The molecule has 0 saturated heterocycles. The molecule has 0 spiro atoms. The molecule has 38 heavy (non-hydrogen) atoms. The Morgan fingerprint density at radius 1 is 1.08 bits per heavy atom. The minimum Gasteiger partial charge on any atom is -0.497 e. The summed E-state index contributed by atoms with van der Waals surface area (Å²) in [5.41, 5.74) is 2.84. The summed E-state index contributed by atoms with van der Waals surface area (Å²) in [6, 6.07) is 17.0. The first-order valence-electron chi connectivity index (χ1n) is 12.9. The largest absolute Gasteiger partial charge is 0.497 e. The van der Waals surface area contributed by atoms with Crippen LogP contribution >= 0.6 is 11.3 Å². The van der Waals surface area contributed by atoms with E-state index < -0.39 is 0 Å². The number of thiophene rings is 1. The molecular formula is C30H36N2O5S. The van der Waals surface area contributed by atoms with Crippen LogP contribution in [0.2, 0.25) is 0 Å². The van der Waals surface area contributed by atoms with Crippen molar-refractivity contribution in [3.05, 3.63) is 81.5 Å². The Bertz CT molecular complexity index is 1220. The molecule has 1 aliphatic rings. The monoisotopic (exact) mass is 536 g/mol. The van der Waals surface area contributed by atoms with E-state index in [0.29, 0.717) is 43.5 Å². The minimum atomic E-state index is -0.236. The summed E-state index contributed by atoms with van der Waals surface area (Å²) < 4.78 is 16.7. The fraction of sp³-hybridized carbons (Fsp3) is 0.400. The van der Waals surface area contributed by atoms with Gasteiger partial charge in [0.1, 0.15) is 24.7 Å². The summed E-state index contributed by atoms with van der Waals surface area (Å²) >= 11 is 1.71. The van der Waals surface area contributed by atoms with E-state index in [1.807, 2.05) is 17.0 Å². The van der Waals surface area contributed by atoms with Gasteiger partial charge in [0.2, 0.25) is 5.91 Å². The summed E-state index contributed by atoms with van der Waals surface area (Å²) in [6.07, 6.45) is 0.792. The summed E-state index contributed by atoms with van der Waals surface area (Å²) in [4.78, 5) is 31.8. The molecule has 0 saturated carbocycles. The molecule has 1 atom stereocenters. The summed E-state index contributed by atoms with van der Waals surface area (Å²) in [5, 5.41) is 2.07.